The molecule has 72 valence electrons. The zero-order valence-corrected chi connectivity index (χ0v) is 8.80. The molecule has 1 unspecified atom stereocenters. The van der Waals surface area contributed by atoms with E-state index < -0.39 is 0 Å². The van der Waals surface area contributed by atoms with Crippen molar-refractivity contribution < 1.29 is 9.59 Å². The zero-order chi connectivity index (χ0) is 10.0. The van der Waals surface area contributed by atoms with Crippen molar-refractivity contribution in [2.24, 2.45) is 5.92 Å². The van der Waals surface area contributed by atoms with Crippen molar-refractivity contribution in [2.45, 2.75) is 19.2 Å². The van der Waals surface area contributed by atoms with E-state index in [9.17, 15) is 9.59 Å². The third-order valence-corrected chi connectivity index (χ3v) is 3.15. The second-order valence-electron chi connectivity index (χ2n) is 3.25. The van der Waals surface area contributed by atoms with E-state index in [-0.39, 0.29) is 23.1 Å². The lowest BCUT2D eigenvalue weighted by molar-refractivity contribution is -0.138. The Balaban J connectivity index is 2.81. The van der Waals surface area contributed by atoms with Gasteiger partial charge in [0.05, 0.1) is 5.37 Å². The van der Waals surface area contributed by atoms with Gasteiger partial charge in [0.25, 0.3) is 11.8 Å². The highest BCUT2D eigenvalue weighted by atomic mass is 32.2. The molecule has 1 heterocycles. The lowest BCUT2D eigenvalue weighted by Crippen LogP contribution is -2.40. The van der Waals surface area contributed by atoms with Gasteiger partial charge in [-0.3, -0.25) is 14.5 Å². The summed E-state index contributed by atoms with van der Waals surface area (Å²) in [6, 6.07) is 0. The molecule has 0 aliphatic carbocycles. The minimum absolute atomic E-state index is 0.0463. The number of carbonyl (C=O) groups is 2. The highest BCUT2D eigenvalue weighted by Crippen LogP contribution is 2.24. The Morgan fingerprint density at radius 2 is 1.69 bits per heavy atom. The maximum absolute atomic E-state index is 11.3. The summed E-state index contributed by atoms with van der Waals surface area (Å²) < 4.78 is 0. The monoisotopic (exact) mass is 199 g/mol. The third-order valence-electron chi connectivity index (χ3n) is 1.91. The first-order valence-corrected chi connectivity index (χ1v) is 5.44. The number of nitrogens with zero attached hydrogens (tertiary/aromatic N) is 1. The van der Waals surface area contributed by atoms with Gasteiger partial charge in [-0.15, -0.1) is 11.8 Å². The van der Waals surface area contributed by atoms with E-state index in [4.69, 9.17) is 0 Å². The molecule has 1 aliphatic heterocycles. The summed E-state index contributed by atoms with van der Waals surface area (Å²) in [6.07, 6.45) is 4.56. The van der Waals surface area contributed by atoms with Crippen LogP contribution in [0.4, 0.5) is 0 Å². The molecule has 0 fully saturated rings. The van der Waals surface area contributed by atoms with Crippen molar-refractivity contribution >= 4 is 23.6 Å². The lowest BCUT2D eigenvalue weighted by Gasteiger charge is -2.27. The Labute approximate surface area is 82.2 Å². The molecule has 0 aromatic heterocycles. The lowest BCUT2D eigenvalue weighted by atomic mass is 10.2. The standard InChI is InChI=1S/C9H13NO2S/c1-6(2)9(13-3)10-7(11)4-5-8(10)12/h4-6,9H,1-3H3. The first-order chi connectivity index (χ1) is 6.07. The Hall–Kier alpha value is -0.770. The second-order valence-corrected chi connectivity index (χ2v) is 4.20. The van der Waals surface area contributed by atoms with E-state index in [0.29, 0.717) is 0 Å². The van der Waals surface area contributed by atoms with Crippen LogP contribution in [-0.4, -0.2) is 28.3 Å². The summed E-state index contributed by atoms with van der Waals surface area (Å²) in [6.45, 7) is 4.00. The minimum atomic E-state index is -0.196. The van der Waals surface area contributed by atoms with Crippen LogP contribution in [0.2, 0.25) is 0 Å². The van der Waals surface area contributed by atoms with Crippen molar-refractivity contribution in [3.05, 3.63) is 12.2 Å². The molecule has 0 aromatic carbocycles. The molecular formula is C9H13NO2S. The molecule has 0 bridgehead atoms. The summed E-state index contributed by atoms with van der Waals surface area (Å²) in [5, 5.41) is -0.0463. The highest BCUT2D eigenvalue weighted by Gasteiger charge is 2.32. The average molecular weight is 199 g/mol. The number of imide groups is 1. The normalized spacial score (nSPS) is 18.9. The average Bonchev–Trinajstić information content (AvgIpc) is 2.36. The van der Waals surface area contributed by atoms with Crippen LogP contribution < -0.4 is 0 Å². The largest absolute Gasteiger partial charge is 0.269 e. The molecule has 3 nitrogen and oxygen atoms in total. The highest BCUT2D eigenvalue weighted by molar-refractivity contribution is 7.99. The van der Waals surface area contributed by atoms with Gasteiger partial charge in [-0.1, -0.05) is 13.8 Å². The van der Waals surface area contributed by atoms with Crippen molar-refractivity contribution in [3.63, 3.8) is 0 Å². The summed E-state index contributed by atoms with van der Waals surface area (Å²) >= 11 is 1.53. The molecule has 13 heavy (non-hydrogen) atoms. The molecule has 2 amide bonds. The Morgan fingerprint density at radius 1 is 1.23 bits per heavy atom. The molecule has 1 aliphatic rings. The molecule has 0 saturated carbocycles. The van der Waals surface area contributed by atoms with E-state index in [1.807, 2.05) is 20.1 Å². The molecule has 4 heteroatoms. The molecule has 0 radical (unpaired) electrons. The summed E-state index contributed by atoms with van der Waals surface area (Å²) in [5.74, 6) is -0.112. The van der Waals surface area contributed by atoms with Gasteiger partial charge in [0.1, 0.15) is 0 Å². The van der Waals surface area contributed by atoms with Gasteiger partial charge in [0, 0.05) is 12.2 Å². The van der Waals surface area contributed by atoms with E-state index in [1.165, 1.54) is 28.8 Å². The van der Waals surface area contributed by atoms with Gasteiger partial charge in [-0.25, -0.2) is 0 Å². The van der Waals surface area contributed by atoms with Crippen molar-refractivity contribution in [1.82, 2.24) is 4.90 Å². The number of thioether (sulfide) groups is 1. The molecule has 0 saturated heterocycles. The van der Waals surface area contributed by atoms with Crippen LogP contribution in [0.3, 0.4) is 0 Å². The fraction of sp³-hybridized carbons (Fsp3) is 0.556. The Morgan fingerprint density at radius 3 is 2.00 bits per heavy atom. The maximum Gasteiger partial charge on any atom is 0.254 e. The number of hydrogen-bond donors (Lipinski definition) is 0. The predicted octanol–water partition coefficient (Wildman–Crippen LogP) is 1.26. The molecule has 0 aromatic rings. The molecular weight excluding hydrogens is 186 g/mol. The number of rotatable bonds is 3. The maximum atomic E-state index is 11.3. The summed E-state index contributed by atoms with van der Waals surface area (Å²) in [5.41, 5.74) is 0. The van der Waals surface area contributed by atoms with Crippen LogP contribution in [0.15, 0.2) is 12.2 Å². The van der Waals surface area contributed by atoms with E-state index >= 15 is 0 Å². The second kappa shape index (κ2) is 3.96. The summed E-state index contributed by atoms with van der Waals surface area (Å²) in [4.78, 5) is 23.9. The fourth-order valence-electron chi connectivity index (χ4n) is 1.34. The van der Waals surface area contributed by atoms with Gasteiger partial charge in [0.15, 0.2) is 0 Å². The number of hydrogen-bond acceptors (Lipinski definition) is 3. The van der Waals surface area contributed by atoms with Crippen LogP contribution in [-0.2, 0) is 9.59 Å². The van der Waals surface area contributed by atoms with Crippen LogP contribution in [0, 0.1) is 5.92 Å². The van der Waals surface area contributed by atoms with Gasteiger partial charge < -0.3 is 0 Å². The molecule has 0 spiro atoms. The van der Waals surface area contributed by atoms with Crippen LogP contribution >= 0.6 is 11.8 Å². The quantitative estimate of drug-likeness (QED) is 0.642. The smallest absolute Gasteiger partial charge is 0.254 e. The first-order valence-electron chi connectivity index (χ1n) is 4.16. The van der Waals surface area contributed by atoms with Crippen molar-refractivity contribution in [3.8, 4) is 0 Å². The fourth-order valence-corrected chi connectivity index (χ4v) is 2.30. The Kier molecular flexibility index (Phi) is 3.14. The molecule has 1 rings (SSSR count). The van der Waals surface area contributed by atoms with E-state index in [0.717, 1.165) is 0 Å². The van der Waals surface area contributed by atoms with Gasteiger partial charge >= 0.3 is 0 Å². The SMILES string of the molecule is CSC(C(C)C)N1C(=O)C=CC1=O. The number of carbonyl (C=O) groups excluding carboxylic acids is 2. The van der Waals surface area contributed by atoms with Gasteiger partial charge in [0.2, 0.25) is 0 Å². The third kappa shape index (κ3) is 1.94. The van der Waals surface area contributed by atoms with Gasteiger partial charge in [-0.05, 0) is 12.2 Å². The Bertz CT molecular complexity index is 242. The van der Waals surface area contributed by atoms with Crippen LogP contribution in [0.1, 0.15) is 13.8 Å². The summed E-state index contributed by atoms with van der Waals surface area (Å²) in [7, 11) is 0. The van der Waals surface area contributed by atoms with Crippen molar-refractivity contribution in [1.29, 1.82) is 0 Å². The molecule has 1 atom stereocenters. The van der Waals surface area contributed by atoms with E-state index in [2.05, 4.69) is 0 Å². The topological polar surface area (TPSA) is 37.4 Å². The van der Waals surface area contributed by atoms with Gasteiger partial charge in [-0.2, -0.15) is 0 Å². The number of amides is 2. The molecule has 0 N–H and O–H groups in total. The van der Waals surface area contributed by atoms with Crippen LogP contribution in [0.5, 0.6) is 0 Å². The van der Waals surface area contributed by atoms with E-state index in [1.54, 1.807) is 0 Å². The zero-order valence-electron chi connectivity index (χ0n) is 7.98. The van der Waals surface area contributed by atoms with Crippen molar-refractivity contribution in [2.75, 3.05) is 6.26 Å². The predicted molar refractivity (Wildman–Crippen MR) is 53.1 cm³/mol. The minimum Gasteiger partial charge on any atom is -0.269 e. The van der Waals surface area contributed by atoms with Crippen LogP contribution in [0.25, 0.3) is 0 Å². The first kappa shape index (κ1) is 10.3.